The van der Waals surface area contributed by atoms with E-state index in [-0.39, 0.29) is 6.61 Å². The molecule has 0 aliphatic heterocycles. The number of ether oxygens (including phenoxy) is 1. The van der Waals surface area contributed by atoms with Gasteiger partial charge in [-0.2, -0.15) is 0 Å². The largest absolute Gasteiger partial charge is 0.480 e. The standard InChI is InChI=1S/C14H15NO3/c1-18-9-13(14(16)17)15-12-8-4-6-10-5-2-3-7-11(10)12/h2-8,13,15H,9H2,1H3,(H,16,17). The maximum Gasteiger partial charge on any atom is 0.328 e. The molecule has 0 bridgehead atoms. The summed E-state index contributed by atoms with van der Waals surface area (Å²) in [6, 6.07) is 12.9. The molecule has 1 unspecified atom stereocenters. The van der Waals surface area contributed by atoms with Gasteiger partial charge in [-0.1, -0.05) is 36.4 Å². The van der Waals surface area contributed by atoms with Crippen LogP contribution in [0.4, 0.5) is 5.69 Å². The number of carbonyl (C=O) groups is 1. The van der Waals surface area contributed by atoms with Crippen LogP contribution in [0.1, 0.15) is 0 Å². The third kappa shape index (κ3) is 2.60. The molecule has 0 aliphatic rings. The first kappa shape index (κ1) is 12.4. The number of aliphatic carboxylic acids is 1. The van der Waals surface area contributed by atoms with E-state index in [0.717, 1.165) is 16.5 Å². The topological polar surface area (TPSA) is 58.6 Å². The van der Waals surface area contributed by atoms with Crippen LogP contribution in [0.25, 0.3) is 10.8 Å². The second-order valence-corrected chi connectivity index (χ2v) is 4.02. The monoisotopic (exact) mass is 245 g/mol. The Labute approximate surface area is 105 Å². The lowest BCUT2D eigenvalue weighted by Crippen LogP contribution is -2.33. The second kappa shape index (κ2) is 5.51. The van der Waals surface area contributed by atoms with Gasteiger partial charge < -0.3 is 15.2 Å². The van der Waals surface area contributed by atoms with Crippen molar-refractivity contribution in [3.8, 4) is 0 Å². The van der Waals surface area contributed by atoms with Crippen molar-refractivity contribution in [2.75, 3.05) is 19.0 Å². The molecule has 0 saturated carbocycles. The molecule has 0 amide bonds. The molecule has 0 spiro atoms. The molecule has 4 nitrogen and oxygen atoms in total. The van der Waals surface area contributed by atoms with E-state index in [1.54, 1.807) is 0 Å². The Morgan fingerprint density at radius 1 is 1.28 bits per heavy atom. The van der Waals surface area contributed by atoms with E-state index in [1.807, 2.05) is 42.5 Å². The lowest BCUT2D eigenvalue weighted by atomic mass is 10.1. The van der Waals surface area contributed by atoms with E-state index in [2.05, 4.69) is 5.32 Å². The molecule has 2 rings (SSSR count). The van der Waals surface area contributed by atoms with Crippen LogP contribution < -0.4 is 5.32 Å². The number of carboxylic acid groups (broad SMARTS) is 1. The molecule has 2 N–H and O–H groups in total. The van der Waals surface area contributed by atoms with Gasteiger partial charge in [-0.05, 0) is 11.5 Å². The van der Waals surface area contributed by atoms with Crippen molar-refractivity contribution in [3.63, 3.8) is 0 Å². The molecule has 0 aliphatic carbocycles. The Hall–Kier alpha value is -2.07. The number of hydrogen-bond acceptors (Lipinski definition) is 3. The summed E-state index contributed by atoms with van der Waals surface area (Å²) >= 11 is 0. The molecule has 2 aromatic carbocycles. The van der Waals surface area contributed by atoms with Crippen LogP contribution in [-0.2, 0) is 9.53 Å². The average Bonchev–Trinajstić information content (AvgIpc) is 2.38. The molecular formula is C14H15NO3. The Bertz CT molecular complexity index is 548. The van der Waals surface area contributed by atoms with Gasteiger partial charge in [0.25, 0.3) is 0 Å². The summed E-state index contributed by atoms with van der Waals surface area (Å²) in [7, 11) is 1.49. The number of methoxy groups -OCH3 is 1. The van der Waals surface area contributed by atoms with Crippen molar-refractivity contribution in [3.05, 3.63) is 42.5 Å². The van der Waals surface area contributed by atoms with Crippen LogP contribution in [0.2, 0.25) is 0 Å². The number of carboxylic acids is 1. The lowest BCUT2D eigenvalue weighted by molar-refractivity contribution is -0.139. The van der Waals surface area contributed by atoms with E-state index >= 15 is 0 Å². The van der Waals surface area contributed by atoms with Gasteiger partial charge in [0.05, 0.1) is 6.61 Å². The highest BCUT2D eigenvalue weighted by Gasteiger charge is 2.17. The molecule has 1 atom stereocenters. The average molecular weight is 245 g/mol. The van der Waals surface area contributed by atoms with Crippen LogP contribution in [-0.4, -0.2) is 30.8 Å². The van der Waals surface area contributed by atoms with Crippen LogP contribution in [0.15, 0.2) is 42.5 Å². The summed E-state index contributed by atoms with van der Waals surface area (Å²) in [6.07, 6.45) is 0. The van der Waals surface area contributed by atoms with E-state index < -0.39 is 12.0 Å². The van der Waals surface area contributed by atoms with E-state index in [9.17, 15) is 4.79 Å². The number of benzene rings is 2. The van der Waals surface area contributed by atoms with Gasteiger partial charge in [0.15, 0.2) is 0 Å². The van der Waals surface area contributed by atoms with Crippen LogP contribution >= 0.6 is 0 Å². The maximum atomic E-state index is 11.1. The number of hydrogen-bond donors (Lipinski definition) is 2. The Kier molecular flexibility index (Phi) is 3.79. The van der Waals surface area contributed by atoms with Gasteiger partial charge in [-0.3, -0.25) is 0 Å². The van der Waals surface area contributed by atoms with Gasteiger partial charge in [0.2, 0.25) is 0 Å². The molecule has 0 aromatic heterocycles. The normalized spacial score (nSPS) is 12.3. The Morgan fingerprint density at radius 3 is 2.72 bits per heavy atom. The highest BCUT2D eigenvalue weighted by molar-refractivity contribution is 5.95. The molecule has 94 valence electrons. The van der Waals surface area contributed by atoms with Gasteiger partial charge in [0, 0.05) is 18.2 Å². The molecule has 2 aromatic rings. The van der Waals surface area contributed by atoms with E-state index in [0.29, 0.717) is 0 Å². The van der Waals surface area contributed by atoms with Crippen LogP contribution in [0.3, 0.4) is 0 Å². The fourth-order valence-electron chi connectivity index (χ4n) is 1.88. The molecular weight excluding hydrogens is 230 g/mol. The van der Waals surface area contributed by atoms with Crippen molar-refractivity contribution < 1.29 is 14.6 Å². The molecule has 0 saturated heterocycles. The minimum absolute atomic E-state index is 0.124. The van der Waals surface area contributed by atoms with Crippen LogP contribution in [0.5, 0.6) is 0 Å². The third-order valence-electron chi connectivity index (χ3n) is 2.75. The number of fused-ring (bicyclic) bond motifs is 1. The summed E-state index contributed by atoms with van der Waals surface area (Å²) in [5, 5.41) is 14.2. The fourth-order valence-corrected chi connectivity index (χ4v) is 1.88. The molecule has 4 heteroatoms. The SMILES string of the molecule is COCC(Nc1cccc2ccccc12)C(=O)O. The van der Waals surface area contributed by atoms with Crippen molar-refractivity contribution in [2.24, 2.45) is 0 Å². The predicted molar refractivity (Wildman–Crippen MR) is 70.9 cm³/mol. The Balaban J connectivity index is 2.33. The summed E-state index contributed by atoms with van der Waals surface area (Å²) in [5.74, 6) is -0.926. The third-order valence-corrected chi connectivity index (χ3v) is 2.75. The first-order valence-corrected chi connectivity index (χ1v) is 5.68. The molecule has 0 heterocycles. The van der Waals surface area contributed by atoms with Crippen molar-refractivity contribution in [2.45, 2.75) is 6.04 Å². The highest BCUT2D eigenvalue weighted by atomic mass is 16.5. The van der Waals surface area contributed by atoms with Gasteiger partial charge in [0.1, 0.15) is 6.04 Å². The van der Waals surface area contributed by atoms with Gasteiger partial charge in [-0.25, -0.2) is 4.79 Å². The summed E-state index contributed by atoms with van der Waals surface area (Å²) < 4.78 is 4.91. The zero-order valence-corrected chi connectivity index (χ0v) is 10.1. The van der Waals surface area contributed by atoms with E-state index in [1.165, 1.54) is 7.11 Å². The quantitative estimate of drug-likeness (QED) is 0.849. The smallest absolute Gasteiger partial charge is 0.328 e. The number of nitrogens with one attached hydrogen (secondary N) is 1. The first-order valence-electron chi connectivity index (χ1n) is 5.68. The van der Waals surface area contributed by atoms with Gasteiger partial charge in [-0.15, -0.1) is 0 Å². The minimum atomic E-state index is -0.926. The van der Waals surface area contributed by atoms with Gasteiger partial charge >= 0.3 is 5.97 Å². The van der Waals surface area contributed by atoms with Crippen molar-refractivity contribution in [1.29, 1.82) is 0 Å². The van der Waals surface area contributed by atoms with Crippen molar-refractivity contribution in [1.82, 2.24) is 0 Å². The molecule has 0 fully saturated rings. The van der Waals surface area contributed by atoms with Crippen LogP contribution in [0, 0.1) is 0 Å². The summed E-state index contributed by atoms with van der Waals surface area (Å²) in [5.41, 5.74) is 0.803. The minimum Gasteiger partial charge on any atom is -0.480 e. The number of anilines is 1. The maximum absolute atomic E-state index is 11.1. The van der Waals surface area contributed by atoms with Crippen molar-refractivity contribution >= 4 is 22.4 Å². The predicted octanol–water partition coefficient (Wildman–Crippen LogP) is 2.35. The first-order chi connectivity index (χ1) is 8.72. The zero-order chi connectivity index (χ0) is 13.0. The lowest BCUT2D eigenvalue weighted by Gasteiger charge is -2.16. The number of rotatable bonds is 5. The van der Waals surface area contributed by atoms with E-state index in [4.69, 9.17) is 9.84 Å². The molecule has 18 heavy (non-hydrogen) atoms. The highest BCUT2D eigenvalue weighted by Crippen LogP contribution is 2.23. The Morgan fingerprint density at radius 2 is 2.00 bits per heavy atom. The zero-order valence-electron chi connectivity index (χ0n) is 10.1. The second-order valence-electron chi connectivity index (χ2n) is 4.02. The summed E-state index contributed by atoms with van der Waals surface area (Å²) in [4.78, 5) is 11.1. The summed E-state index contributed by atoms with van der Waals surface area (Å²) in [6.45, 7) is 0.124. The molecule has 0 radical (unpaired) electrons. The fraction of sp³-hybridized carbons (Fsp3) is 0.214.